The highest BCUT2D eigenvalue weighted by Crippen LogP contribution is 2.43. The van der Waals surface area contributed by atoms with Crippen molar-refractivity contribution in [3.8, 4) is 0 Å². The quantitative estimate of drug-likeness (QED) is 0.0716. The van der Waals surface area contributed by atoms with E-state index in [-0.39, 0.29) is 0 Å². The van der Waals surface area contributed by atoms with Gasteiger partial charge in [0.05, 0.1) is 0 Å². The van der Waals surface area contributed by atoms with E-state index in [2.05, 4.69) is 63.7 Å². The second kappa shape index (κ2) is 20.8. The molecule has 0 aliphatic heterocycles. The third-order valence-electron chi connectivity index (χ3n) is 5.73. The van der Waals surface area contributed by atoms with Gasteiger partial charge >= 0.3 is 0 Å². The van der Waals surface area contributed by atoms with Gasteiger partial charge in [0.25, 0.3) is 0 Å². The van der Waals surface area contributed by atoms with Crippen LogP contribution in [0.5, 0.6) is 0 Å². The Bertz CT molecular complexity index is 393. The van der Waals surface area contributed by atoms with E-state index in [1.54, 1.807) is 0 Å². The van der Waals surface area contributed by atoms with Gasteiger partial charge in [0.2, 0.25) is 0 Å². The normalized spacial score (nSPS) is 12.9. The molecule has 0 atom stereocenters. The third kappa shape index (κ3) is 19.9. The summed E-state index contributed by atoms with van der Waals surface area (Å²) in [5.74, 6) is 2.46. The lowest BCUT2D eigenvalue weighted by atomic mass is 10.5. The molecule has 0 aliphatic rings. The van der Waals surface area contributed by atoms with Crippen LogP contribution < -0.4 is 0 Å². The summed E-state index contributed by atoms with van der Waals surface area (Å²) in [5.41, 5.74) is 0. The van der Waals surface area contributed by atoms with Crippen LogP contribution in [0.15, 0.2) is 0 Å². The SMILES string of the molecule is CCN(CC)CCO[Si](C)(C)CCCSSSSCCC[Si](C)(C)OCCN(CC)CC. The van der Waals surface area contributed by atoms with Crippen molar-refractivity contribution in [1.29, 1.82) is 0 Å². The Balaban J connectivity index is 3.61. The molecule has 10 heteroatoms. The van der Waals surface area contributed by atoms with Crippen molar-refractivity contribution in [2.45, 2.75) is 78.8 Å². The first-order chi connectivity index (χ1) is 15.2. The van der Waals surface area contributed by atoms with E-state index in [0.29, 0.717) is 0 Å². The minimum absolute atomic E-state index is 0.899. The predicted molar refractivity (Wildman–Crippen MR) is 161 cm³/mol. The molecule has 4 nitrogen and oxygen atoms in total. The van der Waals surface area contributed by atoms with Crippen molar-refractivity contribution < 1.29 is 8.85 Å². The molecule has 0 unspecified atom stereocenters. The zero-order valence-electron chi connectivity index (χ0n) is 22.2. The smallest absolute Gasteiger partial charge is 0.186 e. The number of likely N-dealkylation sites (N-methyl/N-ethyl adjacent to an activating group) is 2. The highest BCUT2D eigenvalue weighted by Gasteiger charge is 2.22. The molecule has 0 radical (unpaired) electrons. The summed E-state index contributed by atoms with van der Waals surface area (Å²) in [6.45, 7) is 26.8. The number of nitrogens with zero attached hydrogens (tertiary/aromatic N) is 2. The lowest BCUT2D eigenvalue weighted by molar-refractivity contribution is 0.217. The van der Waals surface area contributed by atoms with Gasteiger partial charge in [-0.1, -0.05) is 49.3 Å². The third-order valence-corrected chi connectivity index (χ3v) is 17.4. The summed E-state index contributed by atoms with van der Waals surface area (Å²) in [6, 6.07) is 2.54. The second-order valence-electron chi connectivity index (χ2n) is 9.26. The average Bonchev–Trinajstić information content (AvgIpc) is 2.75. The molecule has 0 aliphatic carbocycles. The van der Waals surface area contributed by atoms with E-state index >= 15 is 0 Å². The van der Waals surface area contributed by atoms with Gasteiger partial charge < -0.3 is 18.7 Å². The summed E-state index contributed by atoms with van der Waals surface area (Å²) in [7, 11) is 4.93. The van der Waals surface area contributed by atoms with Crippen LogP contribution in [0.2, 0.25) is 38.3 Å². The summed E-state index contributed by atoms with van der Waals surface area (Å²) in [4.78, 5) is 4.88. The zero-order valence-corrected chi connectivity index (χ0v) is 27.5. The van der Waals surface area contributed by atoms with Gasteiger partial charge in [-0.05, 0) is 96.9 Å². The van der Waals surface area contributed by atoms with E-state index in [1.165, 1.54) is 36.4 Å². The lowest BCUT2D eigenvalue weighted by Crippen LogP contribution is -2.35. The molecule has 0 rings (SSSR count). The number of rotatable bonds is 23. The van der Waals surface area contributed by atoms with E-state index < -0.39 is 16.6 Å². The molecule has 0 spiro atoms. The Hall–Kier alpha value is 1.67. The van der Waals surface area contributed by atoms with Crippen molar-refractivity contribution in [3.63, 3.8) is 0 Å². The topological polar surface area (TPSA) is 24.9 Å². The summed E-state index contributed by atoms with van der Waals surface area (Å²) >= 11 is 0. The van der Waals surface area contributed by atoms with Gasteiger partial charge in [-0.3, -0.25) is 0 Å². The van der Waals surface area contributed by atoms with Crippen LogP contribution in [0, 0.1) is 0 Å². The van der Waals surface area contributed by atoms with Crippen molar-refractivity contribution in [2.75, 3.05) is 64.0 Å². The molecule has 0 saturated heterocycles. The Labute approximate surface area is 218 Å². The van der Waals surface area contributed by atoms with Gasteiger partial charge in [0.1, 0.15) is 0 Å². The fourth-order valence-electron chi connectivity index (χ4n) is 3.35. The van der Waals surface area contributed by atoms with E-state index in [0.717, 1.165) is 52.5 Å². The minimum atomic E-state index is -1.49. The highest BCUT2D eigenvalue weighted by molar-refractivity contribution is 9.26. The van der Waals surface area contributed by atoms with Crippen LogP contribution in [0.1, 0.15) is 40.5 Å². The zero-order chi connectivity index (χ0) is 24.3. The molecule has 0 saturated carbocycles. The van der Waals surface area contributed by atoms with E-state index in [9.17, 15) is 0 Å². The van der Waals surface area contributed by atoms with Gasteiger partial charge in [0, 0.05) is 37.8 Å². The second-order valence-corrected chi connectivity index (χ2v) is 24.1. The van der Waals surface area contributed by atoms with Crippen LogP contribution in [0.3, 0.4) is 0 Å². The van der Waals surface area contributed by atoms with E-state index in [4.69, 9.17) is 8.85 Å². The first-order valence-corrected chi connectivity index (χ1v) is 23.9. The minimum Gasteiger partial charge on any atom is -0.416 e. The number of hydrogen-bond acceptors (Lipinski definition) is 8. The Morgan fingerprint density at radius 3 is 1.25 bits per heavy atom. The Morgan fingerprint density at radius 1 is 0.594 bits per heavy atom. The number of hydrogen-bond donors (Lipinski definition) is 0. The molecule has 0 heterocycles. The molecular formula is C22H52N2O2S4Si2. The van der Waals surface area contributed by atoms with Crippen molar-refractivity contribution in [2.24, 2.45) is 0 Å². The summed E-state index contributed by atoms with van der Waals surface area (Å²) < 4.78 is 12.5. The highest BCUT2D eigenvalue weighted by atomic mass is 33.7. The van der Waals surface area contributed by atoms with Crippen molar-refractivity contribution in [3.05, 3.63) is 0 Å². The largest absolute Gasteiger partial charge is 0.416 e. The first-order valence-electron chi connectivity index (χ1n) is 12.5. The molecular weight excluding hydrogens is 509 g/mol. The van der Waals surface area contributed by atoms with Crippen molar-refractivity contribution >= 4 is 57.9 Å². The Morgan fingerprint density at radius 2 is 0.938 bits per heavy atom. The molecule has 32 heavy (non-hydrogen) atoms. The van der Waals surface area contributed by atoms with Crippen LogP contribution in [-0.4, -0.2) is 90.4 Å². The standard InChI is InChI=1S/C22H52N2O2S4Si2/c1-9-23(10-2)15-17-25-31(5,6)21-13-19-27-29-30-28-20-14-22-32(7,8)26-18-16-24(11-3)12-4/h9-22H2,1-8H3. The van der Waals surface area contributed by atoms with E-state index in [1.807, 2.05) is 41.2 Å². The maximum atomic E-state index is 6.27. The molecule has 194 valence electrons. The van der Waals surface area contributed by atoms with Gasteiger partial charge in [-0.2, -0.15) is 0 Å². The molecule has 0 aromatic heterocycles. The maximum Gasteiger partial charge on any atom is 0.186 e. The van der Waals surface area contributed by atoms with Crippen LogP contribution in [-0.2, 0) is 8.85 Å². The molecule has 0 aromatic rings. The van der Waals surface area contributed by atoms with Crippen LogP contribution >= 0.6 is 41.2 Å². The molecule has 0 N–H and O–H groups in total. The fourth-order valence-corrected chi connectivity index (χ4v) is 13.6. The van der Waals surface area contributed by atoms with Crippen LogP contribution in [0.4, 0.5) is 0 Å². The molecule has 0 bridgehead atoms. The fraction of sp³-hybridized carbons (Fsp3) is 1.00. The molecule has 0 aromatic carbocycles. The lowest BCUT2D eigenvalue weighted by Gasteiger charge is -2.25. The summed E-state index contributed by atoms with van der Waals surface area (Å²) in [6.07, 6.45) is 2.55. The average molecular weight is 561 g/mol. The van der Waals surface area contributed by atoms with Crippen LogP contribution in [0.25, 0.3) is 0 Å². The molecule has 0 amide bonds. The molecule has 0 fully saturated rings. The predicted octanol–water partition coefficient (Wildman–Crippen LogP) is 7.57. The van der Waals surface area contributed by atoms with Crippen molar-refractivity contribution in [1.82, 2.24) is 9.80 Å². The summed E-state index contributed by atoms with van der Waals surface area (Å²) in [5, 5.41) is 0. The first kappa shape index (κ1) is 33.7. The Kier molecular flexibility index (Phi) is 21.9. The maximum absolute atomic E-state index is 6.27. The van der Waals surface area contributed by atoms with Gasteiger partial charge in [-0.25, -0.2) is 0 Å². The monoisotopic (exact) mass is 560 g/mol. The van der Waals surface area contributed by atoms with Gasteiger partial charge in [0.15, 0.2) is 16.6 Å². The van der Waals surface area contributed by atoms with Gasteiger partial charge in [-0.15, -0.1) is 0 Å².